The Morgan fingerprint density at radius 1 is 0.700 bits per heavy atom. The Kier molecular flexibility index (Phi) is 4.66. The number of hydrogen-bond donors (Lipinski definition) is 0. The second kappa shape index (κ2) is 4.86. The molecule has 20 heavy (non-hydrogen) atoms. The molecule has 0 amide bonds. The highest BCUT2D eigenvalue weighted by Gasteiger charge is 2.80. The lowest BCUT2D eigenvalue weighted by molar-refractivity contribution is -0.371. The lowest BCUT2D eigenvalue weighted by Crippen LogP contribution is -2.65. The van der Waals surface area contributed by atoms with Crippen LogP contribution in [0, 0.1) is 0 Å². The molecule has 0 saturated carbocycles. The summed E-state index contributed by atoms with van der Waals surface area (Å²) >= 11 is 0. The molecule has 0 aromatic rings. The third-order valence-corrected chi connectivity index (χ3v) is 2.49. The van der Waals surface area contributed by atoms with E-state index in [1.54, 1.807) is 0 Å². The number of hydrogen-bond acceptors (Lipinski definition) is 0. The van der Waals surface area contributed by atoms with Gasteiger partial charge in [0.2, 0.25) is 11.8 Å². The van der Waals surface area contributed by atoms with E-state index >= 15 is 0 Å². The van der Waals surface area contributed by atoms with Crippen LogP contribution < -0.4 is 0 Å². The summed E-state index contributed by atoms with van der Waals surface area (Å²) in [5.41, 5.74) is -5.77. The van der Waals surface area contributed by atoms with Crippen LogP contribution in [0.2, 0.25) is 0 Å². The predicted octanol–water partition coefficient (Wildman–Crippen LogP) is 4.84. The summed E-state index contributed by atoms with van der Waals surface area (Å²) < 4.78 is 148. The van der Waals surface area contributed by atoms with E-state index in [1.807, 2.05) is 0 Å². The normalized spacial score (nSPS) is 19.6. The molecule has 0 rings (SSSR count). The topological polar surface area (TPSA) is 0 Å². The Morgan fingerprint density at radius 2 is 1.05 bits per heavy atom. The molecule has 0 aliphatic heterocycles. The number of alkyl halides is 12. The predicted molar refractivity (Wildman–Crippen MR) is 41.0 cm³/mol. The van der Waals surface area contributed by atoms with Crippen molar-refractivity contribution < 1.29 is 52.7 Å². The molecule has 2 unspecified atom stereocenters. The van der Waals surface area contributed by atoms with Crippen LogP contribution in [-0.2, 0) is 0 Å². The fourth-order valence-corrected chi connectivity index (χ4v) is 1.23. The average molecular weight is 330 g/mol. The molecule has 0 fully saturated rings. The van der Waals surface area contributed by atoms with Crippen LogP contribution in [0.1, 0.15) is 13.3 Å². The molecule has 0 radical (unpaired) electrons. The Labute approximate surface area is 103 Å². The fourth-order valence-electron chi connectivity index (χ4n) is 1.23. The second-order valence-electron chi connectivity index (χ2n) is 3.77. The molecular weight excluding hydrogens is 324 g/mol. The molecule has 0 aliphatic rings. The van der Waals surface area contributed by atoms with E-state index in [9.17, 15) is 52.7 Å². The smallest absolute Gasteiger partial charge is 0.237 e. The highest BCUT2D eigenvalue weighted by Crippen LogP contribution is 2.54. The van der Waals surface area contributed by atoms with Gasteiger partial charge in [0.05, 0.1) is 0 Å². The van der Waals surface area contributed by atoms with E-state index in [1.165, 1.54) is 0 Å². The maximum atomic E-state index is 13.4. The van der Waals surface area contributed by atoms with Crippen LogP contribution in [0.25, 0.3) is 0 Å². The summed E-state index contributed by atoms with van der Waals surface area (Å²) in [6.07, 6.45) is -21.4. The first-order valence-corrected chi connectivity index (χ1v) is 4.69. The zero-order valence-electron chi connectivity index (χ0n) is 9.32. The van der Waals surface area contributed by atoms with Crippen molar-refractivity contribution in [2.24, 2.45) is 0 Å². The molecular formula is C8H6F12. The highest BCUT2D eigenvalue weighted by atomic mass is 19.4. The standard InChI is InChI=1S/C8H6F12/c1-2-4(10,6(13,14)8(18,19)20)3(9)5(11,12)7(15,16)17/h3H,2H2,1H3. The molecule has 2 atom stereocenters. The summed E-state index contributed by atoms with van der Waals surface area (Å²) in [6, 6.07) is 0. The first-order chi connectivity index (χ1) is 8.47. The molecule has 12 heteroatoms. The number of halogens is 12. The largest absolute Gasteiger partial charge is 0.456 e. The molecule has 0 heterocycles. The van der Waals surface area contributed by atoms with Gasteiger partial charge < -0.3 is 0 Å². The van der Waals surface area contributed by atoms with Gasteiger partial charge in [0.1, 0.15) is 0 Å². The van der Waals surface area contributed by atoms with Crippen LogP contribution >= 0.6 is 0 Å². The van der Waals surface area contributed by atoms with Crippen molar-refractivity contribution in [3.05, 3.63) is 0 Å². The molecule has 0 aliphatic carbocycles. The van der Waals surface area contributed by atoms with Gasteiger partial charge in [0.15, 0.2) is 0 Å². The van der Waals surface area contributed by atoms with Crippen LogP contribution in [0.5, 0.6) is 0 Å². The maximum absolute atomic E-state index is 13.4. The van der Waals surface area contributed by atoms with Crippen molar-refractivity contribution in [2.45, 2.75) is 49.4 Å². The lowest BCUT2D eigenvalue weighted by Gasteiger charge is -2.38. The fraction of sp³-hybridized carbons (Fsp3) is 1.00. The molecule has 0 saturated heterocycles. The Hall–Kier alpha value is -0.840. The van der Waals surface area contributed by atoms with Gasteiger partial charge in [-0.1, -0.05) is 6.92 Å². The molecule has 0 nitrogen and oxygen atoms in total. The Morgan fingerprint density at radius 3 is 1.25 bits per heavy atom. The van der Waals surface area contributed by atoms with Crippen LogP contribution in [-0.4, -0.2) is 36.0 Å². The van der Waals surface area contributed by atoms with Gasteiger partial charge in [-0.15, -0.1) is 0 Å². The van der Waals surface area contributed by atoms with E-state index in [-0.39, 0.29) is 6.92 Å². The van der Waals surface area contributed by atoms with E-state index in [0.717, 1.165) is 0 Å². The SMILES string of the molecule is CCC(F)(C(F)C(F)(F)C(F)(F)F)C(F)(F)C(F)(F)F. The zero-order chi connectivity index (χ0) is 16.8. The minimum absolute atomic E-state index is 0.0820. The van der Waals surface area contributed by atoms with Gasteiger partial charge in [0, 0.05) is 0 Å². The Bertz CT molecular complexity index is 338. The van der Waals surface area contributed by atoms with E-state index in [0.29, 0.717) is 0 Å². The van der Waals surface area contributed by atoms with Gasteiger partial charge in [-0.05, 0) is 6.42 Å². The zero-order valence-corrected chi connectivity index (χ0v) is 9.32. The molecule has 122 valence electrons. The second-order valence-corrected chi connectivity index (χ2v) is 3.77. The van der Waals surface area contributed by atoms with Gasteiger partial charge in [0.25, 0.3) is 0 Å². The molecule has 0 aromatic heterocycles. The van der Waals surface area contributed by atoms with Crippen molar-refractivity contribution in [2.75, 3.05) is 0 Å². The van der Waals surface area contributed by atoms with Crippen molar-refractivity contribution >= 4 is 0 Å². The summed E-state index contributed by atoms with van der Waals surface area (Å²) in [4.78, 5) is 0. The first-order valence-electron chi connectivity index (χ1n) is 4.69. The monoisotopic (exact) mass is 330 g/mol. The molecule has 0 bridgehead atoms. The Balaban J connectivity index is 5.92. The van der Waals surface area contributed by atoms with Crippen molar-refractivity contribution in [3.8, 4) is 0 Å². The van der Waals surface area contributed by atoms with E-state index in [4.69, 9.17) is 0 Å². The molecule has 0 spiro atoms. The van der Waals surface area contributed by atoms with E-state index < -0.39 is 42.5 Å². The van der Waals surface area contributed by atoms with Gasteiger partial charge in [-0.2, -0.15) is 43.9 Å². The number of rotatable bonds is 4. The summed E-state index contributed by atoms with van der Waals surface area (Å²) in [6.45, 7) is 0.0820. The average Bonchev–Trinajstić information content (AvgIpc) is 2.23. The quantitative estimate of drug-likeness (QED) is 0.647. The van der Waals surface area contributed by atoms with Gasteiger partial charge >= 0.3 is 24.2 Å². The minimum atomic E-state index is -6.84. The molecule has 0 N–H and O–H groups in total. The van der Waals surface area contributed by atoms with Crippen LogP contribution in [0.3, 0.4) is 0 Å². The van der Waals surface area contributed by atoms with Crippen molar-refractivity contribution in [1.29, 1.82) is 0 Å². The third-order valence-electron chi connectivity index (χ3n) is 2.49. The van der Waals surface area contributed by atoms with E-state index in [2.05, 4.69) is 0 Å². The maximum Gasteiger partial charge on any atom is 0.456 e. The van der Waals surface area contributed by atoms with Gasteiger partial charge in [-0.3, -0.25) is 0 Å². The minimum Gasteiger partial charge on any atom is -0.237 e. The summed E-state index contributed by atoms with van der Waals surface area (Å²) in [5.74, 6) is -13.4. The third kappa shape index (κ3) is 2.65. The van der Waals surface area contributed by atoms with Crippen LogP contribution in [0.15, 0.2) is 0 Å². The molecule has 0 aromatic carbocycles. The van der Waals surface area contributed by atoms with Crippen molar-refractivity contribution in [1.82, 2.24) is 0 Å². The van der Waals surface area contributed by atoms with Crippen molar-refractivity contribution in [3.63, 3.8) is 0 Å². The highest BCUT2D eigenvalue weighted by molar-refractivity contribution is 5.08. The summed E-state index contributed by atoms with van der Waals surface area (Å²) in [7, 11) is 0. The van der Waals surface area contributed by atoms with Crippen LogP contribution in [0.4, 0.5) is 52.7 Å². The lowest BCUT2D eigenvalue weighted by atomic mass is 9.85. The van der Waals surface area contributed by atoms with Gasteiger partial charge in [-0.25, -0.2) is 8.78 Å². The first kappa shape index (κ1) is 19.2. The summed E-state index contributed by atoms with van der Waals surface area (Å²) in [5, 5.41) is 0.